The van der Waals surface area contributed by atoms with Crippen LogP contribution in [0.15, 0.2) is 30.5 Å². The summed E-state index contributed by atoms with van der Waals surface area (Å²) in [5, 5.41) is 17.2. The van der Waals surface area contributed by atoms with Crippen LogP contribution >= 0.6 is 0 Å². The Morgan fingerprint density at radius 1 is 1.35 bits per heavy atom. The van der Waals surface area contributed by atoms with Crippen molar-refractivity contribution >= 4 is 16.9 Å². The van der Waals surface area contributed by atoms with Gasteiger partial charge in [-0.15, -0.1) is 0 Å². The fourth-order valence-corrected chi connectivity index (χ4v) is 2.44. The largest absolute Gasteiger partial charge is 0.481 e. The Hall–Kier alpha value is -2.56. The number of aliphatic carboxylic acids is 1. The van der Waals surface area contributed by atoms with Gasteiger partial charge in [-0.1, -0.05) is 18.2 Å². The van der Waals surface area contributed by atoms with E-state index in [-0.39, 0.29) is 6.42 Å². The van der Waals surface area contributed by atoms with Crippen LogP contribution < -0.4 is 0 Å². The smallest absolute Gasteiger partial charge is 0.303 e. The first kappa shape index (κ1) is 12.5. The number of hydrogen-bond acceptors (Lipinski definition) is 2. The van der Waals surface area contributed by atoms with E-state index >= 15 is 0 Å². The van der Waals surface area contributed by atoms with Gasteiger partial charge in [-0.2, -0.15) is 5.10 Å². The number of aromatic nitrogens is 3. The summed E-state index contributed by atoms with van der Waals surface area (Å²) in [5.74, 6) is -0.798. The SMILES string of the molecule is Cc1c(-c2c[nH]c3ccccc23)n[nH]c1CCC(=O)O. The molecule has 0 aliphatic carbocycles. The summed E-state index contributed by atoms with van der Waals surface area (Å²) in [6, 6.07) is 8.05. The van der Waals surface area contributed by atoms with Crippen molar-refractivity contribution in [2.24, 2.45) is 0 Å². The number of rotatable bonds is 4. The number of aryl methyl sites for hydroxylation is 1. The molecule has 0 spiro atoms. The number of aromatic amines is 2. The third kappa shape index (κ3) is 2.07. The number of H-pyrrole nitrogens is 2. The van der Waals surface area contributed by atoms with Gasteiger partial charge < -0.3 is 10.1 Å². The summed E-state index contributed by atoms with van der Waals surface area (Å²) in [7, 11) is 0. The van der Waals surface area contributed by atoms with Crippen LogP contribution in [0.1, 0.15) is 17.7 Å². The van der Waals surface area contributed by atoms with E-state index in [4.69, 9.17) is 5.11 Å². The van der Waals surface area contributed by atoms with Gasteiger partial charge in [0.2, 0.25) is 0 Å². The van der Waals surface area contributed by atoms with Gasteiger partial charge in [0.15, 0.2) is 0 Å². The summed E-state index contributed by atoms with van der Waals surface area (Å²) >= 11 is 0. The Morgan fingerprint density at radius 2 is 2.15 bits per heavy atom. The molecule has 0 saturated carbocycles. The van der Waals surface area contributed by atoms with Gasteiger partial charge in [0.1, 0.15) is 0 Å². The molecule has 0 unspecified atom stereocenters. The van der Waals surface area contributed by atoms with Crippen LogP contribution in [0.4, 0.5) is 0 Å². The molecule has 0 aliphatic rings. The molecule has 3 rings (SSSR count). The monoisotopic (exact) mass is 269 g/mol. The van der Waals surface area contributed by atoms with Crippen LogP contribution in [0, 0.1) is 6.92 Å². The van der Waals surface area contributed by atoms with E-state index in [1.165, 1.54) is 0 Å². The Kier molecular flexibility index (Phi) is 3.02. The normalized spacial score (nSPS) is 11.1. The number of hydrogen-bond donors (Lipinski definition) is 3. The van der Waals surface area contributed by atoms with E-state index in [2.05, 4.69) is 15.2 Å². The Morgan fingerprint density at radius 3 is 2.95 bits per heavy atom. The Labute approximate surface area is 115 Å². The van der Waals surface area contributed by atoms with Crippen molar-refractivity contribution in [1.82, 2.24) is 15.2 Å². The summed E-state index contributed by atoms with van der Waals surface area (Å²) < 4.78 is 0. The lowest BCUT2D eigenvalue weighted by molar-refractivity contribution is -0.136. The first-order valence-electron chi connectivity index (χ1n) is 6.49. The van der Waals surface area contributed by atoms with E-state index in [0.29, 0.717) is 6.42 Å². The van der Waals surface area contributed by atoms with Crippen molar-refractivity contribution in [3.63, 3.8) is 0 Å². The third-order valence-corrected chi connectivity index (χ3v) is 3.54. The maximum absolute atomic E-state index is 10.7. The molecule has 0 atom stereocenters. The van der Waals surface area contributed by atoms with Crippen LogP contribution in [-0.4, -0.2) is 26.3 Å². The number of nitrogens with zero attached hydrogens (tertiary/aromatic N) is 1. The molecule has 0 bridgehead atoms. The molecule has 1 aromatic carbocycles. The minimum Gasteiger partial charge on any atom is -0.481 e. The maximum atomic E-state index is 10.7. The van der Waals surface area contributed by atoms with Crippen molar-refractivity contribution in [3.8, 4) is 11.3 Å². The highest BCUT2D eigenvalue weighted by atomic mass is 16.4. The van der Waals surface area contributed by atoms with Crippen molar-refractivity contribution in [3.05, 3.63) is 41.7 Å². The van der Waals surface area contributed by atoms with Gasteiger partial charge in [-0.25, -0.2) is 0 Å². The highest BCUT2D eigenvalue weighted by Gasteiger charge is 2.14. The predicted molar refractivity (Wildman–Crippen MR) is 76.6 cm³/mol. The number of carboxylic acid groups (broad SMARTS) is 1. The van der Waals surface area contributed by atoms with Crippen LogP contribution in [0.3, 0.4) is 0 Å². The number of fused-ring (bicyclic) bond motifs is 1. The lowest BCUT2D eigenvalue weighted by atomic mass is 10.0. The average Bonchev–Trinajstić information content (AvgIpc) is 3.00. The van der Waals surface area contributed by atoms with E-state index in [1.54, 1.807) is 0 Å². The van der Waals surface area contributed by atoms with Crippen molar-refractivity contribution in [1.29, 1.82) is 0 Å². The van der Waals surface area contributed by atoms with Crippen molar-refractivity contribution in [2.75, 3.05) is 0 Å². The van der Waals surface area contributed by atoms with E-state index < -0.39 is 5.97 Å². The second-order valence-corrected chi connectivity index (χ2v) is 4.82. The molecular weight excluding hydrogens is 254 g/mol. The first-order chi connectivity index (χ1) is 9.66. The van der Waals surface area contributed by atoms with Crippen molar-refractivity contribution in [2.45, 2.75) is 19.8 Å². The fourth-order valence-electron chi connectivity index (χ4n) is 2.44. The minimum absolute atomic E-state index is 0.107. The molecule has 5 heteroatoms. The first-order valence-corrected chi connectivity index (χ1v) is 6.49. The lowest BCUT2D eigenvalue weighted by Crippen LogP contribution is -1.98. The number of para-hydroxylation sites is 1. The molecule has 3 aromatic rings. The molecule has 0 aliphatic heterocycles. The van der Waals surface area contributed by atoms with Gasteiger partial charge in [-0.3, -0.25) is 9.89 Å². The third-order valence-electron chi connectivity index (χ3n) is 3.54. The van der Waals surface area contributed by atoms with Crippen molar-refractivity contribution < 1.29 is 9.90 Å². The number of nitrogens with one attached hydrogen (secondary N) is 2. The van der Waals surface area contributed by atoms with Crippen LogP contribution in [0.2, 0.25) is 0 Å². The van der Waals surface area contributed by atoms with E-state index in [9.17, 15) is 4.79 Å². The molecule has 0 fully saturated rings. The number of carboxylic acids is 1. The summed E-state index contributed by atoms with van der Waals surface area (Å²) in [6.07, 6.45) is 2.52. The summed E-state index contributed by atoms with van der Waals surface area (Å²) in [5.41, 5.74) is 4.87. The molecule has 3 N–H and O–H groups in total. The Bertz CT molecular complexity index is 770. The van der Waals surface area contributed by atoms with Crippen LogP contribution in [0.5, 0.6) is 0 Å². The molecule has 2 heterocycles. The van der Waals surface area contributed by atoms with Crippen LogP contribution in [0.25, 0.3) is 22.2 Å². The molecule has 5 nitrogen and oxygen atoms in total. The van der Waals surface area contributed by atoms with Gasteiger partial charge >= 0.3 is 5.97 Å². The lowest BCUT2D eigenvalue weighted by Gasteiger charge is -1.98. The zero-order chi connectivity index (χ0) is 14.1. The maximum Gasteiger partial charge on any atom is 0.303 e. The quantitative estimate of drug-likeness (QED) is 0.681. The Balaban J connectivity index is 2.00. The topological polar surface area (TPSA) is 81.8 Å². The zero-order valence-corrected chi connectivity index (χ0v) is 11.1. The van der Waals surface area contributed by atoms with E-state index in [1.807, 2.05) is 37.4 Å². The zero-order valence-electron chi connectivity index (χ0n) is 11.1. The minimum atomic E-state index is -0.798. The van der Waals surface area contributed by atoms with E-state index in [0.717, 1.165) is 33.4 Å². The highest BCUT2D eigenvalue weighted by molar-refractivity contribution is 5.95. The molecule has 102 valence electrons. The van der Waals surface area contributed by atoms with Gasteiger partial charge in [0.05, 0.1) is 12.1 Å². The molecular formula is C15H15N3O2. The second kappa shape index (κ2) is 4.85. The number of carbonyl (C=O) groups is 1. The predicted octanol–water partition coefficient (Wildman–Crippen LogP) is 2.88. The summed E-state index contributed by atoms with van der Waals surface area (Å²) in [4.78, 5) is 13.9. The molecule has 0 radical (unpaired) electrons. The van der Waals surface area contributed by atoms with Crippen LogP contribution in [-0.2, 0) is 11.2 Å². The van der Waals surface area contributed by atoms with Gasteiger partial charge in [-0.05, 0) is 25.0 Å². The molecule has 20 heavy (non-hydrogen) atoms. The average molecular weight is 269 g/mol. The van der Waals surface area contributed by atoms with Gasteiger partial charge in [0, 0.05) is 28.4 Å². The molecule has 0 saturated heterocycles. The summed E-state index contributed by atoms with van der Waals surface area (Å²) in [6.45, 7) is 1.97. The number of benzene rings is 1. The second-order valence-electron chi connectivity index (χ2n) is 4.82. The molecule has 0 amide bonds. The standard InChI is InChI=1S/C15H15N3O2/c1-9-12(6-7-14(19)20)17-18-15(9)11-8-16-13-5-3-2-4-10(11)13/h2-5,8,16H,6-7H2,1H3,(H,17,18)(H,19,20). The van der Waals surface area contributed by atoms with Gasteiger partial charge in [0.25, 0.3) is 0 Å². The fraction of sp³-hybridized carbons (Fsp3) is 0.200. The highest BCUT2D eigenvalue weighted by Crippen LogP contribution is 2.30. The molecule has 2 aromatic heterocycles.